The summed E-state index contributed by atoms with van der Waals surface area (Å²) >= 11 is 5.69. The molecular weight excluding hydrogens is 202 g/mol. The standard InChI is InChI=1S/C9H8ClN3O/c1-13(9(14)6-12-11)8-4-2-7(10)3-5-8/h2-6H,1H3. The zero-order valence-corrected chi connectivity index (χ0v) is 8.27. The number of amides is 1. The zero-order chi connectivity index (χ0) is 10.6. The molecule has 0 aromatic heterocycles. The molecule has 0 radical (unpaired) electrons. The average molecular weight is 210 g/mol. The summed E-state index contributed by atoms with van der Waals surface area (Å²) in [6.07, 6.45) is 0.828. The Balaban J connectivity index is 2.89. The first kappa shape index (κ1) is 10.4. The first-order chi connectivity index (χ1) is 6.65. The molecule has 0 bridgehead atoms. The lowest BCUT2D eigenvalue weighted by atomic mass is 10.3. The van der Waals surface area contributed by atoms with E-state index in [1.165, 1.54) is 4.90 Å². The van der Waals surface area contributed by atoms with Crippen LogP contribution in [0.25, 0.3) is 5.53 Å². The van der Waals surface area contributed by atoms with Crippen molar-refractivity contribution in [1.82, 2.24) is 0 Å². The van der Waals surface area contributed by atoms with Crippen molar-refractivity contribution in [3.05, 3.63) is 34.8 Å². The van der Waals surface area contributed by atoms with Crippen molar-refractivity contribution in [2.75, 3.05) is 11.9 Å². The van der Waals surface area contributed by atoms with Crippen LogP contribution in [0.4, 0.5) is 5.69 Å². The number of nitrogens with zero attached hydrogens (tertiary/aromatic N) is 3. The topological polar surface area (TPSA) is 56.7 Å². The van der Waals surface area contributed by atoms with E-state index >= 15 is 0 Å². The molecule has 0 aliphatic heterocycles. The van der Waals surface area contributed by atoms with Crippen LogP contribution in [0, 0.1) is 0 Å². The molecule has 72 valence electrons. The fourth-order valence-electron chi connectivity index (χ4n) is 0.928. The minimum absolute atomic E-state index is 0.408. The quantitative estimate of drug-likeness (QED) is 0.415. The molecule has 0 heterocycles. The predicted octanol–water partition coefficient (Wildman–Crippen LogP) is 1.60. The van der Waals surface area contributed by atoms with E-state index in [4.69, 9.17) is 17.1 Å². The molecule has 1 amide bonds. The molecule has 14 heavy (non-hydrogen) atoms. The van der Waals surface area contributed by atoms with E-state index in [2.05, 4.69) is 4.79 Å². The SMILES string of the molecule is CN(C(=O)C=[N+]=[N-])c1ccc(Cl)cc1. The van der Waals surface area contributed by atoms with Gasteiger partial charge in [-0.15, -0.1) is 0 Å². The Hall–Kier alpha value is -1.64. The lowest BCUT2D eigenvalue weighted by Gasteiger charge is -2.12. The molecule has 0 saturated heterocycles. The fraction of sp³-hybridized carbons (Fsp3) is 0.111. The van der Waals surface area contributed by atoms with Crippen LogP contribution in [0.5, 0.6) is 0 Å². The van der Waals surface area contributed by atoms with Gasteiger partial charge < -0.3 is 10.4 Å². The molecule has 0 fully saturated rings. The number of carbonyl (C=O) groups excluding carboxylic acids is 1. The second-order valence-electron chi connectivity index (χ2n) is 2.62. The van der Waals surface area contributed by atoms with E-state index in [1.807, 2.05) is 0 Å². The highest BCUT2D eigenvalue weighted by Crippen LogP contribution is 2.16. The largest absolute Gasteiger partial charge is 0.361 e. The summed E-state index contributed by atoms with van der Waals surface area (Å²) < 4.78 is 0. The van der Waals surface area contributed by atoms with Crippen molar-refractivity contribution in [2.45, 2.75) is 0 Å². The summed E-state index contributed by atoms with van der Waals surface area (Å²) in [5, 5.41) is 0.602. The van der Waals surface area contributed by atoms with E-state index in [0.29, 0.717) is 10.7 Å². The van der Waals surface area contributed by atoms with Crippen LogP contribution >= 0.6 is 11.6 Å². The molecule has 0 aliphatic carbocycles. The number of anilines is 1. The molecule has 0 aliphatic rings. The van der Waals surface area contributed by atoms with Crippen LogP contribution in [0.15, 0.2) is 24.3 Å². The molecule has 0 atom stereocenters. The second kappa shape index (κ2) is 4.56. The summed E-state index contributed by atoms with van der Waals surface area (Å²) in [6.45, 7) is 0. The number of rotatable bonds is 2. The fourth-order valence-corrected chi connectivity index (χ4v) is 1.05. The molecule has 1 aromatic rings. The van der Waals surface area contributed by atoms with Gasteiger partial charge in [-0.1, -0.05) is 11.6 Å². The van der Waals surface area contributed by atoms with Crippen LogP contribution in [0.1, 0.15) is 0 Å². The number of carbonyl (C=O) groups is 1. The van der Waals surface area contributed by atoms with Crippen molar-refractivity contribution in [2.24, 2.45) is 0 Å². The van der Waals surface area contributed by atoms with Gasteiger partial charge in [-0.05, 0) is 24.3 Å². The van der Waals surface area contributed by atoms with Gasteiger partial charge in [0.2, 0.25) is 0 Å². The highest BCUT2D eigenvalue weighted by molar-refractivity contribution is 6.31. The number of benzene rings is 1. The summed E-state index contributed by atoms with van der Waals surface area (Å²) in [7, 11) is 1.58. The Kier molecular flexibility index (Phi) is 3.40. The molecule has 0 saturated carbocycles. The van der Waals surface area contributed by atoms with E-state index in [0.717, 1.165) is 6.21 Å². The predicted molar refractivity (Wildman–Crippen MR) is 54.5 cm³/mol. The Morgan fingerprint density at radius 2 is 2.07 bits per heavy atom. The molecule has 5 heteroatoms. The summed E-state index contributed by atoms with van der Waals surface area (Å²) in [6, 6.07) is 6.75. The van der Waals surface area contributed by atoms with Gasteiger partial charge in [0.1, 0.15) is 0 Å². The highest BCUT2D eigenvalue weighted by atomic mass is 35.5. The van der Waals surface area contributed by atoms with Crippen LogP contribution in [0.2, 0.25) is 5.02 Å². The monoisotopic (exact) mass is 209 g/mol. The van der Waals surface area contributed by atoms with Crippen LogP contribution in [-0.4, -0.2) is 24.0 Å². The van der Waals surface area contributed by atoms with Crippen LogP contribution < -0.4 is 4.90 Å². The normalized spacial score (nSPS) is 9.00. The Morgan fingerprint density at radius 3 is 2.57 bits per heavy atom. The van der Waals surface area contributed by atoms with Gasteiger partial charge in [-0.3, -0.25) is 4.79 Å². The summed E-state index contributed by atoms with van der Waals surface area (Å²) in [5.41, 5.74) is 8.86. The number of hydrogen-bond donors (Lipinski definition) is 0. The molecule has 1 aromatic carbocycles. The lowest BCUT2D eigenvalue weighted by Crippen LogP contribution is -2.27. The molecule has 0 N–H and O–H groups in total. The maximum atomic E-state index is 11.2. The van der Waals surface area contributed by atoms with E-state index in [-0.39, 0.29) is 0 Å². The Morgan fingerprint density at radius 1 is 1.50 bits per heavy atom. The van der Waals surface area contributed by atoms with Crippen LogP contribution in [0.3, 0.4) is 0 Å². The van der Waals surface area contributed by atoms with Gasteiger partial charge in [0, 0.05) is 17.8 Å². The Labute approximate surface area is 86.3 Å². The zero-order valence-electron chi connectivity index (χ0n) is 7.51. The minimum atomic E-state index is -0.408. The first-order valence-electron chi connectivity index (χ1n) is 3.86. The van der Waals surface area contributed by atoms with Crippen LogP contribution in [-0.2, 0) is 4.79 Å². The van der Waals surface area contributed by atoms with Crippen molar-refractivity contribution < 1.29 is 9.58 Å². The van der Waals surface area contributed by atoms with Gasteiger partial charge in [0.05, 0.1) is 0 Å². The van der Waals surface area contributed by atoms with Gasteiger partial charge in [0.25, 0.3) is 0 Å². The van der Waals surface area contributed by atoms with Gasteiger partial charge in [-0.25, -0.2) is 0 Å². The third kappa shape index (κ3) is 2.42. The van der Waals surface area contributed by atoms with E-state index in [1.54, 1.807) is 31.3 Å². The highest BCUT2D eigenvalue weighted by Gasteiger charge is 2.11. The average Bonchev–Trinajstić information content (AvgIpc) is 2.18. The molecule has 0 unspecified atom stereocenters. The lowest BCUT2D eigenvalue weighted by molar-refractivity contribution is -0.115. The van der Waals surface area contributed by atoms with E-state index < -0.39 is 5.91 Å². The second-order valence-corrected chi connectivity index (χ2v) is 3.05. The molecule has 4 nitrogen and oxygen atoms in total. The number of hydrogen-bond acceptors (Lipinski definition) is 1. The van der Waals surface area contributed by atoms with Crippen molar-refractivity contribution in [3.63, 3.8) is 0 Å². The first-order valence-corrected chi connectivity index (χ1v) is 4.23. The summed E-state index contributed by atoms with van der Waals surface area (Å²) in [5.74, 6) is -0.408. The molecule has 1 rings (SSSR count). The maximum Gasteiger partial charge on any atom is 0.345 e. The minimum Gasteiger partial charge on any atom is -0.361 e. The smallest absolute Gasteiger partial charge is 0.345 e. The van der Waals surface area contributed by atoms with Gasteiger partial charge in [0.15, 0.2) is 0 Å². The number of halogens is 1. The van der Waals surface area contributed by atoms with Crippen molar-refractivity contribution >= 4 is 29.4 Å². The molecular formula is C9H8ClN3O. The third-order valence-electron chi connectivity index (χ3n) is 1.71. The maximum absolute atomic E-state index is 11.2. The van der Waals surface area contributed by atoms with Gasteiger partial charge in [-0.2, -0.15) is 4.79 Å². The summed E-state index contributed by atoms with van der Waals surface area (Å²) in [4.78, 5) is 15.2. The van der Waals surface area contributed by atoms with Crippen molar-refractivity contribution in [3.8, 4) is 0 Å². The van der Waals surface area contributed by atoms with E-state index in [9.17, 15) is 4.79 Å². The van der Waals surface area contributed by atoms with Gasteiger partial charge >= 0.3 is 12.1 Å². The van der Waals surface area contributed by atoms with Crippen molar-refractivity contribution in [1.29, 1.82) is 0 Å². The molecule has 0 spiro atoms. The third-order valence-corrected chi connectivity index (χ3v) is 1.96. The Bertz CT molecular complexity index is 382.